The molecule has 1 fully saturated rings. The molecule has 8 heteroatoms. The number of rotatable bonds is 8. The molecule has 3 aromatic rings. The van der Waals surface area contributed by atoms with Gasteiger partial charge < -0.3 is 10.2 Å². The first kappa shape index (κ1) is 40.7. The van der Waals surface area contributed by atoms with Crippen molar-refractivity contribution in [3.8, 4) is 0 Å². The van der Waals surface area contributed by atoms with Crippen LogP contribution in [0.1, 0.15) is 108 Å². The molecule has 0 aliphatic carbocycles. The number of piperidine rings is 1. The summed E-state index contributed by atoms with van der Waals surface area (Å²) < 4.78 is 38.5. The van der Waals surface area contributed by atoms with Crippen LogP contribution in [0.25, 0.3) is 5.57 Å². The number of hydrogen-bond acceptors (Lipinski definition) is 4. The van der Waals surface area contributed by atoms with Gasteiger partial charge in [0.05, 0.1) is 10.6 Å². The molecular weight excluding hydrogens is 605 g/mol. The molecule has 4 nitrogen and oxygen atoms in total. The van der Waals surface area contributed by atoms with Gasteiger partial charge in [0.2, 0.25) is 5.95 Å². The van der Waals surface area contributed by atoms with Crippen molar-refractivity contribution < 1.29 is 13.2 Å². The summed E-state index contributed by atoms with van der Waals surface area (Å²) in [5.74, 6) is 0.314. The molecule has 1 saturated heterocycles. The summed E-state index contributed by atoms with van der Waals surface area (Å²) in [6.07, 6.45) is 4.78. The molecule has 46 heavy (non-hydrogen) atoms. The number of aromatic nitrogens is 2. The summed E-state index contributed by atoms with van der Waals surface area (Å²) in [5.41, 5.74) is 8.90. The highest BCUT2D eigenvalue weighted by Gasteiger charge is 2.32. The van der Waals surface area contributed by atoms with Crippen molar-refractivity contribution in [2.24, 2.45) is 0 Å². The lowest BCUT2D eigenvalue weighted by Gasteiger charge is -2.31. The van der Waals surface area contributed by atoms with E-state index in [0.29, 0.717) is 24.1 Å². The van der Waals surface area contributed by atoms with Crippen LogP contribution in [-0.2, 0) is 19.0 Å². The molecule has 0 amide bonds. The van der Waals surface area contributed by atoms with Crippen molar-refractivity contribution in [3.05, 3.63) is 99.5 Å². The van der Waals surface area contributed by atoms with Crippen molar-refractivity contribution in [2.75, 3.05) is 23.3 Å². The summed E-state index contributed by atoms with van der Waals surface area (Å²) in [7, 11) is 0. The average molecular weight is 659 g/mol. The molecule has 0 bridgehead atoms. The van der Waals surface area contributed by atoms with Gasteiger partial charge in [-0.25, -0.2) is 9.97 Å². The first-order valence-corrected chi connectivity index (χ1v) is 17.0. The predicted molar refractivity (Wildman–Crippen MR) is 193 cm³/mol. The van der Waals surface area contributed by atoms with Gasteiger partial charge in [-0.3, -0.25) is 0 Å². The van der Waals surface area contributed by atoms with Crippen LogP contribution in [0.3, 0.4) is 0 Å². The number of anilines is 2. The van der Waals surface area contributed by atoms with Crippen LogP contribution in [0, 0.1) is 13.8 Å². The molecule has 1 N–H and O–H groups in total. The number of aryl methyl sites for hydroxylation is 2. The maximum absolute atomic E-state index is 12.8. The summed E-state index contributed by atoms with van der Waals surface area (Å²) in [5, 5.41) is 3.80. The Morgan fingerprint density at radius 3 is 2.04 bits per heavy atom. The van der Waals surface area contributed by atoms with Crippen molar-refractivity contribution in [3.63, 3.8) is 0 Å². The molecule has 0 spiro atoms. The van der Waals surface area contributed by atoms with Crippen LogP contribution in [0.4, 0.5) is 24.8 Å². The van der Waals surface area contributed by atoms with E-state index in [1.54, 1.807) is 6.20 Å². The Balaban J connectivity index is 0.000000589. The first-order valence-electron chi connectivity index (χ1n) is 16.6. The van der Waals surface area contributed by atoms with Gasteiger partial charge in [0.15, 0.2) is 0 Å². The van der Waals surface area contributed by atoms with Gasteiger partial charge >= 0.3 is 6.18 Å². The molecular formula is C38H54ClF3N4. The quantitative estimate of drug-likeness (QED) is 0.261. The van der Waals surface area contributed by atoms with Gasteiger partial charge in [-0.05, 0) is 97.2 Å². The minimum Gasteiger partial charge on any atom is -0.362 e. The molecule has 0 atom stereocenters. The SMILES string of the molecule is C=CNc1ccc(/C(CCC)=C2/CCCN(c3ncc(C(F)(F)F)cn3)C2)c(Cl)c1C.CC.CC.CCc1cccc(CC)c1C. The van der Waals surface area contributed by atoms with Gasteiger partial charge in [-0.15, -0.1) is 0 Å². The fraction of sp³-hybridized carbons (Fsp3) is 0.474. The van der Waals surface area contributed by atoms with E-state index < -0.39 is 11.7 Å². The number of nitrogens with zero attached hydrogens (tertiary/aromatic N) is 3. The minimum atomic E-state index is -4.44. The normalized spacial score (nSPS) is 13.6. The molecule has 254 valence electrons. The number of alkyl halides is 3. The van der Waals surface area contributed by atoms with Crippen LogP contribution >= 0.6 is 11.6 Å². The standard InChI is InChI=1S/C23H26ClF3N4.C11H16.2C2H6/c1-4-7-18(19-9-10-20(28-5-2)15(3)21(19)24)16-8-6-11-31(14-16)22-29-12-17(13-30-22)23(25,26)27;1-4-10-7-6-8-11(5-2)9(10)3;2*1-2/h5,9-10,12-13,28H,2,4,6-8,11,14H2,1,3H3;6-8H,4-5H2,1-3H3;2*1-2H3/b18-16-;;;. The third-order valence-electron chi connectivity index (χ3n) is 7.75. The van der Waals surface area contributed by atoms with E-state index in [1.807, 2.05) is 51.7 Å². The lowest BCUT2D eigenvalue weighted by molar-refractivity contribution is -0.138. The topological polar surface area (TPSA) is 41.0 Å². The smallest absolute Gasteiger partial charge is 0.362 e. The molecule has 1 aliphatic rings. The molecule has 2 aromatic carbocycles. The zero-order valence-electron chi connectivity index (χ0n) is 29.3. The fourth-order valence-electron chi connectivity index (χ4n) is 5.36. The number of nitrogens with one attached hydrogen (secondary N) is 1. The van der Waals surface area contributed by atoms with Crippen molar-refractivity contribution in [1.82, 2.24) is 9.97 Å². The van der Waals surface area contributed by atoms with Crippen molar-refractivity contribution in [1.29, 1.82) is 0 Å². The Hall–Kier alpha value is -3.32. The fourth-order valence-corrected chi connectivity index (χ4v) is 5.64. The van der Waals surface area contributed by atoms with Gasteiger partial charge in [0.1, 0.15) is 0 Å². The third-order valence-corrected chi connectivity index (χ3v) is 8.24. The Kier molecular flexibility index (Phi) is 18.3. The maximum atomic E-state index is 12.8. The van der Waals surface area contributed by atoms with Gasteiger partial charge in [-0.2, -0.15) is 13.2 Å². The van der Waals surface area contributed by atoms with Gasteiger partial charge in [0.25, 0.3) is 0 Å². The van der Waals surface area contributed by atoms with Crippen molar-refractivity contribution in [2.45, 2.75) is 107 Å². The highest BCUT2D eigenvalue weighted by atomic mass is 35.5. The van der Waals surface area contributed by atoms with Crippen LogP contribution in [0.2, 0.25) is 5.02 Å². The third kappa shape index (κ3) is 11.2. The van der Waals surface area contributed by atoms with E-state index in [4.69, 9.17) is 11.6 Å². The summed E-state index contributed by atoms with van der Waals surface area (Å²) in [4.78, 5) is 9.88. The van der Waals surface area contributed by atoms with E-state index in [-0.39, 0.29) is 0 Å². The number of benzene rings is 2. The highest BCUT2D eigenvalue weighted by molar-refractivity contribution is 6.33. The van der Waals surface area contributed by atoms with Gasteiger partial charge in [-0.1, -0.05) is 97.3 Å². The number of hydrogen-bond donors (Lipinski definition) is 1. The molecule has 1 aliphatic heterocycles. The first-order chi connectivity index (χ1) is 22.0. The summed E-state index contributed by atoms with van der Waals surface area (Å²) >= 11 is 6.74. The molecule has 4 rings (SSSR count). The van der Waals surface area contributed by atoms with Crippen LogP contribution in [-0.4, -0.2) is 23.1 Å². The van der Waals surface area contributed by atoms with Crippen LogP contribution in [0.15, 0.2) is 61.1 Å². The zero-order valence-corrected chi connectivity index (χ0v) is 30.1. The van der Waals surface area contributed by atoms with E-state index in [0.717, 1.165) is 67.7 Å². The molecule has 0 saturated carbocycles. The van der Waals surface area contributed by atoms with Crippen LogP contribution < -0.4 is 10.2 Å². The minimum absolute atomic E-state index is 0.314. The highest BCUT2D eigenvalue weighted by Crippen LogP contribution is 2.38. The van der Waals surface area contributed by atoms with Crippen LogP contribution in [0.5, 0.6) is 0 Å². The molecule has 1 aromatic heterocycles. The number of allylic oxidation sites excluding steroid dienone is 1. The Morgan fingerprint density at radius 1 is 0.957 bits per heavy atom. The second-order valence-electron chi connectivity index (χ2n) is 10.5. The maximum Gasteiger partial charge on any atom is 0.419 e. The van der Waals surface area contributed by atoms with E-state index in [9.17, 15) is 13.2 Å². The lowest BCUT2D eigenvalue weighted by Crippen LogP contribution is -2.33. The Labute approximate surface area is 281 Å². The average Bonchev–Trinajstić information content (AvgIpc) is 3.08. The Bertz CT molecular complexity index is 1360. The summed E-state index contributed by atoms with van der Waals surface area (Å²) in [6.45, 7) is 23.7. The lowest BCUT2D eigenvalue weighted by atomic mass is 9.90. The molecule has 0 radical (unpaired) electrons. The number of halogens is 4. The Morgan fingerprint density at radius 2 is 1.54 bits per heavy atom. The molecule has 0 unspecified atom stereocenters. The van der Waals surface area contributed by atoms with Gasteiger partial charge in [0, 0.05) is 31.2 Å². The molecule has 2 heterocycles. The van der Waals surface area contributed by atoms with E-state index in [2.05, 4.69) is 67.8 Å². The monoisotopic (exact) mass is 658 g/mol. The van der Waals surface area contributed by atoms with Crippen molar-refractivity contribution >= 4 is 28.8 Å². The second kappa shape index (κ2) is 20.7. The summed E-state index contributed by atoms with van der Waals surface area (Å²) in [6, 6.07) is 10.6. The zero-order chi connectivity index (χ0) is 34.9. The second-order valence-corrected chi connectivity index (χ2v) is 10.9. The predicted octanol–water partition coefficient (Wildman–Crippen LogP) is 12.0. The van der Waals surface area contributed by atoms with E-state index >= 15 is 0 Å². The largest absolute Gasteiger partial charge is 0.419 e. The van der Waals surface area contributed by atoms with E-state index in [1.165, 1.54) is 27.8 Å².